The lowest BCUT2D eigenvalue weighted by molar-refractivity contribution is -0.164. The van der Waals surface area contributed by atoms with Crippen molar-refractivity contribution in [3.8, 4) is 5.75 Å². The first kappa shape index (κ1) is 26.3. The number of benzene rings is 2. The van der Waals surface area contributed by atoms with Crippen LogP contribution in [0.15, 0.2) is 65.7 Å². The number of esters is 1. The van der Waals surface area contributed by atoms with Gasteiger partial charge in [-0.3, -0.25) is 9.59 Å². The van der Waals surface area contributed by atoms with Gasteiger partial charge in [0, 0.05) is 5.56 Å². The van der Waals surface area contributed by atoms with Crippen molar-refractivity contribution in [1.82, 2.24) is 0 Å². The molecule has 1 aliphatic heterocycles. The first-order valence-electron chi connectivity index (χ1n) is 11.8. The van der Waals surface area contributed by atoms with Gasteiger partial charge in [-0.15, -0.1) is 0 Å². The minimum absolute atomic E-state index is 0.0151. The lowest BCUT2D eigenvalue weighted by atomic mass is 9.65. The quantitative estimate of drug-likeness (QED) is 0.237. The maximum atomic E-state index is 14.2. The van der Waals surface area contributed by atoms with E-state index in [0.29, 0.717) is 17.0 Å². The van der Waals surface area contributed by atoms with Gasteiger partial charge in [-0.05, 0) is 63.2 Å². The Morgan fingerprint density at radius 3 is 2.57 bits per heavy atom. The van der Waals surface area contributed by atoms with Crippen LogP contribution in [0.3, 0.4) is 0 Å². The Balaban J connectivity index is 1.81. The summed E-state index contributed by atoms with van der Waals surface area (Å²) in [5, 5.41) is 2.35. The van der Waals surface area contributed by atoms with E-state index in [0.717, 1.165) is 10.5 Å². The summed E-state index contributed by atoms with van der Waals surface area (Å²) in [5.74, 6) is -1.70. The van der Waals surface area contributed by atoms with E-state index in [1.807, 2.05) is 30.3 Å². The highest BCUT2D eigenvalue weighted by Crippen LogP contribution is 2.52. The number of hydrogen-bond donors (Lipinski definition) is 0. The number of nitrogens with zero attached hydrogens (tertiary/aromatic N) is 2. The molecular formula is C28H28N2O6S. The number of carbonyl (C=O) groups is 3. The lowest BCUT2D eigenvalue weighted by Gasteiger charge is -2.38. The van der Waals surface area contributed by atoms with Gasteiger partial charge in [-0.2, -0.15) is 0 Å². The van der Waals surface area contributed by atoms with E-state index in [4.69, 9.17) is 26.4 Å². The number of rotatable bonds is 5. The first-order chi connectivity index (χ1) is 17.6. The molecule has 2 aromatic rings. The van der Waals surface area contributed by atoms with Crippen molar-refractivity contribution in [3.63, 3.8) is 0 Å². The van der Waals surface area contributed by atoms with Crippen LogP contribution in [0.2, 0.25) is 0 Å². The van der Waals surface area contributed by atoms with Crippen molar-refractivity contribution in [1.29, 1.82) is 0 Å². The minimum Gasteiger partial charge on any atom is -0.497 e. The molecule has 3 atom stereocenters. The van der Waals surface area contributed by atoms with Crippen LogP contribution < -0.4 is 9.64 Å². The van der Waals surface area contributed by atoms with Crippen molar-refractivity contribution >= 4 is 41.0 Å². The second kappa shape index (κ2) is 10.3. The van der Waals surface area contributed by atoms with Gasteiger partial charge >= 0.3 is 12.1 Å². The molecule has 0 fully saturated rings. The van der Waals surface area contributed by atoms with Crippen LogP contribution in [0.4, 0.5) is 10.5 Å². The van der Waals surface area contributed by atoms with E-state index in [1.165, 1.54) is 7.11 Å². The largest absolute Gasteiger partial charge is 0.497 e. The molecule has 0 saturated heterocycles. The van der Waals surface area contributed by atoms with Crippen LogP contribution in [0.25, 0.3) is 0 Å². The number of anilines is 1. The van der Waals surface area contributed by atoms with E-state index in [1.54, 1.807) is 51.1 Å². The molecule has 2 amide bonds. The first-order valence-corrected chi connectivity index (χ1v) is 12.2. The van der Waals surface area contributed by atoms with Gasteiger partial charge < -0.3 is 14.2 Å². The summed E-state index contributed by atoms with van der Waals surface area (Å²) in [4.78, 5) is 46.2. The minimum atomic E-state index is -1.52. The molecule has 1 spiro atoms. The molecule has 8 nitrogen and oxygen atoms in total. The number of carbonyl (C=O) groups excluding carboxylic acids is 3. The van der Waals surface area contributed by atoms with Crippen LogP contribution in [-0.4, -0.2) is 41.9 Å². The Morgan fingerprint density at radius 1 is 1.19 bits per heavy atom. The molecule has 0 radical (unpaired) electrons. The lowest BCUT2D eigenvalue weighted by Crippen LogP contribution is -2.52. The SMILES string of the molecule is COc1ccc2c(c1)[C@]1(C=C[C@@H](N=C=S)C[C@H]1C(=O)OC(C)(C)C)C(=O)N2C(=O)OCc1ccccc1. The van der Waals surface area contributed by atoms with E-state index in [9.17, 15) is 14.4 Å². The number of isothiocyanates is 1. The second-order valence-corrected chi connectivity index (χ2v) is 10.1. The average Bonchev–Trinajstić information content (AvgIpc) is 3.10. The summed E-state index contributed by atoms with van der Waals surface area (Å²) >= 11 is 4.77. The fourth-order valence-electron chi connectivity index (χ4n) is 4.74. The van der Waals surface area contributed by atoms with Gasteiger partial charge in [-0.1, -0.05) is 42.5 Å². The van der Waals surface area contributed by atoms with Crippen LogP contribution >= 0.6 is 12.2 Å². The summed E-state index contributed by atoms with van der Waals surface area (Å²) in [6.07, 6.45) is 2.63. The number of hydrogen-bond acceptors (Lipinski definition) is 8. The molecule has 0 bridgehead atoms. The third-order valence-electron chi connectivity index (χ3n) is 6.35. The molecule has 9 heteroatoms. The van der Waals surface area contributed by atoms with Gasteiger partial charge in [0.05, 0.1) is 29.9 Å². The molecule has 2 aliphatic rings. The van der Waals surface area contributed by atoms with Gasteiger partial charge in [0.15, 0.2) is 0 Å². The predicted octanol–water partition coefficient (Wildman–Crippen LogP) is 5.01. The maximum absolute atomic E-state index is 14.2. The normalized spacial score (nSPS) is 22.3. The van der Waals surface area contributed by atoms with E-state index in [-0.39, 0.29) is 13.0 Å². The highest BCUT2D eigenvalue weighted by Gasteiger charge is 2.60. The van der Waals surface area contributed by atoms with Crippen LogP contribution in [0.5, 0.6) is 5.75 Å². The van der Waals surface area contributed by atoms with Crippen molar-refractivity contribution < 1.29 is 28.6 Å². The van der Waals surface area contributed by atoms with Crippen molar-refractivity contribution in [2.45, 2.75) is 50.9 Å². The van der Waals surface area contributed by atoms with Crippen LogP contribution in [-0.2, 0) is 31.1 Å². The summed E-state index contributed by atoms with van der Waals surface area (Å²) in [7, 11) is 1.50. The van der Waals surface area contributed by atoms with Gasteiger partial charge in [-0.25, -0.2) is 14.7 Å². The molecule has 1 aliphatic carbocycles. The molecule has 2 aromatic carbocycles. The van der Waals surface area contributed by atoms with E-state index in [2.05, 4.69) is 10.2 Å². The molecular weight excluding hydrogens is 492 g/mol. The number of amides is 2. The zero-order chi connectivity index (χ0) is 26.8. The van der Waals surface area contributed by atoms with Crippen molar-refractivity contribution in [3.05, 3.63) is 71.8 Å². The number of fused-ring (bicyclic) bond motifs is 2. The molecule has 37 heavy (non-hydrogen) atoms. The highest BCUT2D eigenvalue weighted by atomic mass is 32.1. The molecule has 4 rings (SSSR count). The Kier molecular flexibility index (Phi) is 7.30. The molecule has 192 valence electrons. The highest BCUT2D eigenvalue weighted by molar-refractivity contribution is 7.78. The van der Waals surface area contributed by atoms with Crippen LogP contribution in [0.1, 0.15) is 38.3 Å². The maximum Gasteiger partial charge on any atom is 0.421 e. The third-order valence-corrected chi connectivity index (χ3v) is 6.46. The Hall–Kier alpha value is -3.81. The third kappa shape index (κ3) is 5.05. The Labute approximate surface area is 220 Å². The number of thiocarbonyl (C=S) groups is 1. The van der Waals surface area contributed by atoms with Gasteiger partial charge in [0.2, 0.25) is 0 Å². The summed E-state index contributed by atoms with van der Waals surface area (Å²) in [5.41, 5.74) is -0.775. The zero-order valence-corrected chi connectivity index (χ0v) is 21.9. The molecule has 0 unspecified atom stereocenters. The fourth-order valence-corrected chi connectivity index (χ4v) is 4.88. The van der Waals surface area contributed by atoms with Gasteiger partial charge in [0.1, 0.15) is 23.4 Å². The van der Waals surface area contributed by atoms with Crippen molar-refractivity contribution in [2.24, 2.45) is 10.9 Å². The van der Waals surface area contributed by atoms with Gasteiger partial charge in [0.25, 0.3) is 5.91 Å². The average molecular weight is 521 g/mol. The summed E-state index contributed by atoms with van der Waals surface area (Å²) in [6, 6.07) is 13.6. The smallest absolute Gasteiger partial charge is 0.421 e. The topological polar surface area (TPSA) is 94.5 Å². The fraction of sp³-hybridized carbons (Fsp3) is 0.357. The number of methoxy groups -OCH3 is 1. The number of aliphatic imine (C=N–C) groups is 1. The molecule has 0 saturated carbocycles. The zero-order valence-electron chi connectivity index (χ0n) is 21.1. The molecule has 1 heterocycles. The standard InChI is InChI=1S/C28H28N2O6S/c1-27(2,3)36-24(31)22-14-19(29-17-37)12-13-28(22)21-15-20(34-4)10-11-23(21)30(25(28)32)26(33)35-16-18-8-6-5-7-9-18/h5-13,15,19,22H,14,16H2,1-4H3/t19-,22+,28+/m1/s1. The number of ether oxygens (including phenoxy) is 3. The van der Waals surface area contributed by atoms with E-state index < -0.39 is 40.9 Å². The predicted molar refractivity (Wildman–Crippen MR) is 141 cm³/mol. The van der Waals surface area contributed by atoms with Crippen LogP contribution in [0, 0.1) is 5.92 Å². The van der Waals surface area contributed by atoms with Crippen molar-refractivity contribution in [2.75, 3.05) is 12.0 Å². The summed E-state index contributed by atoms with van der Waals surface area (Å²) in [6.45, 7) is 5.25. The number of imide groups is 1. The Bertz CT molecular complexity index is 1300. The second-order valence-electron chi connectivity index (χ2n) is 9.90. The molecule has 0 aromatic heterocycles. The summed E-state index contributed by atoms with van der Waals surface area (Å²) < 4.78 is 16.7. The van der Waals surface area contributed by atoms with E-state index >= 15 is 0 Å². The monoisotopic (exact) mass is 520 g/mol. The molecule has 0 N–H and O–H groups in total. The Morgan fingerprint density at radius 2 is 1.92 bits per heavy atom.